The molecule has 14 rings (SSSR count). The molecule has 5 aliphatic rings. The molecular formula is C52H39NO. The Labute approximate surface area is 314 Å². The second-order valence-corrected chi connectivity index (χ2v) is 16.9. The van der Waals surface area contributed by atoms with Gasteiger partial charge in [0, 0.05) is 32.6 Å². The van der Waals surface area contributed by atoms with E-state index in [-0.39, 0.29) is 5.41 Å². The third kappa shape index (κ3) is 3.86. The fourth-order valence-electron chi connectivity index (χ4n) is 12.5. The van der Waals surface area contributed by atoms with Gasteiger partial charge in [0.05, 0.1) is 11.0 Å². The number of nitrogens with zero attached hydrogens (tertiary/aromatic N) is 1. The number of hydrogen-bond donors (Lipinski definition) is 0. The van der Waals surface area contributed by atoms with Crippen LogP contribution in [0, 0.1) is 23.7 Å². The summed E-state index contributed by atoms with van der Waals surface area (Å²) in [4.78, 5) is 0. The predicted octanol–water partition coefficient (Wildman–Crippen LogP) is 13.7. The molecule has 2 nitrogen and oxygen atoms in total. The Kier molecular flexibility index (Phi) is 5.83. The van der Waals surface area contributed by atoms with Gasteiger partial charge in [0.2, 0.25) is 0 Å². The molecule has 1 spiro atoms. The standard InChI is InChI=1S/C52H39NO/c1-4-10-46-40(7-1)41-20-15-35(29-47(41)52(46)37-24-31-23-32(26-37)27-38(52)25-31)33-13-18-39(19-14-33)53-48-11-5-2-8-42(48)45-28-34(17-22-49(45)53)36-16-21-44-43-9-3-6-12-50(43)54-51(44)30-36/h1-22,28-32,37-38H,23-27H2. The highest BCUT2D eigenvalue weighted by Gasteiger charge is 2.61. The lowest BCUT2D eigenvalue weighted by Gasteiger charge is -2.61. The first kappa shape index (κ1) is 29.6. The number of hydrogen-bond acceptors (Lipinski definition) is 1. The molecule has 0 radical (unpaired) electrons. The fraction of sp³-hybridized carbons (Fsp3) is 0.192. The summed E-state index contributed by atoms with van der Waals surface area (Å²) in [7, 11) is 0. The van der Waals surface area contributed by atoms with E-state index in [0.29, 0.717) is 0 Å². The van der Waals surface area contributed by atoms with Gasteiger partial charge in [0.15, 0.2) is 0 Å². The normalized spacial score (nSPS) is 23.6. The van der Waals surface area contributed by atoms with Gasteiger partial charge in [-0.25, -0.2) is 0 Å². The van der Waals surface area contributed by atoms with Gasteiger partial charge in [-0.05, 0) is 155 Å². The number of fused-ring (bicyclic) bond motifs is 9. The lowest BCUT2D eigenvalue weighted by atomic mass is 9.43. The van der Waals surface area contributed by atoms with Crippen LogP contribution in [0.1, 0.15) is 43.2 Å². The molecule has 54 heavy (non-hydrogen) atoms. The van der Waals surface area contributed by atoms with E-state index in [1.165, 1.54) is 87.4 Å². The molecule has 0 atom stereocenters. The molecule has 258 valence electrons. The van der Waals surface area contributed by atoms with Crippen LogP contribution in [0.15, 0.2) is 156 Å². The van der Waals surface area contributed by atoms with E-state index >= 15 is 0 Å². The van der Waals surface area contributed by atoms with Gasteiger partial charge in [-0.3, -0.25) is 0 Å². The summed E-state index contributed by atoms with van der Waals surface area (Å²) in [6.07, 6.45) is 7.14. The van der Waals surface area contributed by atoms with Gasteiger partial charge >= 0.3 is 0 Å². The van der Waals surface area contributed by atoms with Crippen LogP contribution in [0.5, 0.6) is 0 Å². The summed E-state index contributed by atoms with van der Waals surface area (Å²) in [5.74, 6) is 3.45. The van der Waals surface area contributed by atoms with Crippen molar-refractivity contribution in [1.29, 1.82) is 0 Å². The lowest BCUT2D eigenvalue weighted by Crippen LogP contribution is -2.55. The summed E-state index contributed by atoms with van der Waals surface area (Å²) < 4.78 is 8.69. The fourth-order valence-corrected chi connectivity index (χ4v) is 12.5. The highest BCUT2D eigenvalue weighted by Crippen LogP contribution is 2.69. The van der Waals surface area contributed by atoms with Crippen LogP contribution >= 0.6 is 0 Å². The first-order chi connectivity index (χ1) is 26.7. The Morgan fingerprint density at radius 1 is 0.426 bits per heavy atom. The Morgan fingerprint density at radius 3 is 1.89 bits per heavy atom. The Balaban J connectivity index is 0.900. The highest BCUT2D eigenvalue weighted by atomic mass is 16.3. The third-order valence-corrected chi connectivity index (χ3v) is 14.4. The van der Waals surface area contributed by atoms with Gasteiger partial charge in [-0.15, -0.1) is 0 Å². The van der Waals surface area contributed by atoms with Crippen LogP contribution in [0.2, 0.25) is 0 Å². The second-order valence-electron chi connectivity index (χ2n) is 16.9. The molecule has 7 aromatic carbocycles. The van der Waals surface area contributed by atoms with Gasteiger partial charge in [0.25, 0.3) is 0 Å². The maximum atomic E-state index is 6.26. The summed E-state index contributed by atoms with van der Waals surface area (Å²) in [6, 6.07) is 56.9. The van der Waals surface area contributed by atoms with Gasteiger partial charge in [-0.2, -0.15) is 0 Å². The van der Waals surface area contributed by atoms with Crippen molar-refractivity contribution in [2.24, 2.45) is 23.7 Å². The molecule has 4 bridgehead atoms. The van der Waals surface area contributed by atoms with E-state index in [9.17, 15) is 0 Å². The smallest absolute Gasteiger partial charge is 0.136 e. The molecule has 2 aromatic heterocycles. The number of para-hydroxylation sites is 2. The van der Waals surface area contributed by atoms with Crippen LogP contribution in [0.25, 0.3) is 82.8 Å². The Morgan fingerprint density at radius 2 is 1.04 bits per heavy atom. The average molecular weight is 694 g/mol. The molecule has 9 aromatic rings. The Bertz CT molecular complexity index is 2980. The minimum Gasteiger partial charge on any atom is -0.456 e. The molecule has 4 saturated carbocycles. The van der Waals surface area contributed by atoms with Gasteiger partial charge in [0.1, 0.15) is 11.2 Å². The van der Waals surface area contributed by atoms with E-state index < -0.39 is 0 Å². The van der Waals surface area contributed by atoms with Crippen LogP contribution in [0.3, 0.4) is 0 Å². The van der Waals surface area contributed by atoms with E-state index in [0.717, 1.165) is 51.2 Å². The van der Waals surface area contributed by atoms with Crippen molar-refractivity contribution in [1.82, 2.24) is 4.57 Å². The topological polar surface area (TPSA) is 18.1 Å². The SMILES string of the molecule is c1ccc2c(c1)-c1ccc(-c3ccc(-n4c5ccccc5c5cc(-c6ccc7c(c6)oc6ccccc67)ccc54)cc3)cc1C21C2CC3CC(C2)CC1C3. The van der Waals surface area contributed by atoms with Crippen LogP contribution in [-0.2, 0) is 5.41 Å². The molecule has 0 saturated heterocycles. The molecule has 2 heterocycles. The highest BCUT2D eigenvalue weighted by molar-refractivity contribution is 6.11. The minimum atomic E-state index is 0.189. The zero-order valence-electron chi connectivity index (χ0n) is 30.1. The monoisotopic (exact) mass is 693 g/mol. The van der Waals surface area contributed by atoms with Crippen molar-refractivity contribution in [3.05, 3.63) is 163 Å². The van der Waals surface area contributed by atoms with Gasteiger partial charge in [-0.1, -0.05) is 97.1 Å². The number of aromatic nitrogens is 1. The zero-order valence-corrected chi connectivity index (χ0v) is 30.1. The molecule has 0 amide bonds. The van der Waals surface area contributed by atoms with Crippen molar-refractivity contribution in [3.8, 4) is 39.1 Å². The second kappa shape index (κ2) is 10.6. The van der Waals surface area contributed by atoms with Crippen molar-refractivity contribution in [3.63, 3.8) is 0 Å². The van der Waals surface area contributed by atoms with Crippen molar-refractivity contribution in [2.75, 3.05) is 0 Å². The third-order valence-electron chi connectivity index (χ3n) is 14.4. The maximum Gasteiger partial charge on any atom is 0.136 e. The molecular weight excluding hydrogens is 655 g/mol. The van der Waals surface area contributed by atoms with Crippen LogP contribution < -0.4 is 0 Å². The molecule has 5 aliphatic carbocycles. The summed E-state index contributed by atoms with van der Waals surface area (Å²) >= 11 is 0. The molecule has 2 heteroatoms. The summed E-state index contributed by atoms with van der Waals surface area (Å²) in [5.41, 5.74) is 16.9. The largest absolute Gasteiger partial charge is 0.456 e. The first-order valence-corrected chi connectivity index (χ1v) is 20.0. The van der Waals surface area contributed by atoms with Crippen LogP contribution in [-0.4, -0.2) is 4.57 Å². The van der Waals surface area contributed by atoms with Crippen molar-refractivity contribution in [2.45, 2.75) is 37.5 Å². The Hall–Kier alpha value is -5.86. The number of furan rings is 1. The minimum absolute atomic E-state index is 0.189. The van der Waals surface area contributed by atoms with Crippen molar-refractivity contribution >= 4 is 43.7 Å². The number of benzene rings is 7. The van der Waals surface area contributed by atoms with Gasteiger partial charge < -0.3 is 8.98 Å². The summed E-state index contributed by atoms with van der Waals surface area (Å²) in [6.45, 7) is 0. The average Bonchev–Trinajstić information content (AvgIpc) is 3.85. The number of rotatable bonds is 3. The quantitative estimate of drug-likeness (QED) is 0.180. The van der Waals surface area contributed by atoms with Crippen LogP contribution in [0.4, 0.5) is 0 Å². The molecule has 0 unspecified atom stereocenters. The van der Waals surface area contributed by atoms with Crippen molar-refractivity contribution < 1.29 is 4.42 Å². The molecule has 0 N–H and O–H groups in total. The predicted molar refractivity (Wildman–Crippen MR) is 222 cm³/mol. The molecule has 0 aliphatic heterocycles. The van der Waals surface area contributed by atoms with E-state index in [4.69, 9.17) is 4.42 Å². The van der Waals surface area contributed by atoms with E-state index in [1.807, 2.05) is 12.1 Å². The zero-order chi connectivity index (χ0) is 35.1. The van der Waals surface area contributed by atoms with E-state index in [1.54, 1.807) is 11.1 Å². The van der Waals surface area contributed by atoms with E-state index in [2.05, 4.69) is 144 Å². The molecule has 4 fully saturated rings. The lowest BCUT2D eigenvalue weighted by molar-refractivity contribution is -0.0399. The first-order valence-electron chi connectivity index (χ1n) is 20.0. The summed E-state index contributed by atoms with van der Waals surface area (Å²) in [5, 5.41) is 4.85. The maximum absolute atomic E-state index is 6.26.